The van der Waals surface area contributed by atoms with E-state index in [1.165, 1.54) is 6.92 Å². The van der Waals surface area contributed by atoms with Crippen molar-refractivity contribution in [3.63, 3.8) is 0 Å². The molecule has 2 aromatic carbocycles. The van der Waals surface area contributed by atoms with Crippen molar-refractivity contribution in [3.8, 4) is 10.6 Å². The molecule has 0 saturated heterocycles. The first-order valence-electron chi connectivity index (χ1n) is 11.5. The van der Waals surface area contributed by atoms with E-state index in [4.69, 9.17) is 4.98 Å². The highest BCUT2D eigenvalue weighted by molar-refractivity contribution is 7.13. The van der Waals surface area contributed by atoms with E-state index in [1.807, 2.05) is 72.1 Å². The molecule has 174 valence electrons. The minimum absolute atomic E-state index is 0.0650. The fraction of sp³-hybridized carbons (Fsp3) is 0.250. The smallest absolute Gasteiger partial charge is 0.252 e. The summed E-state index contributed by atoms with van der Waals surface area (Å²) in [5.41, 5.74) is 3.94. The van der Waals surface area contributed by atoms with Crippen LogP contribution in [0.1, 0.15) is 54.2 Å². The number of fused-ring (bicyclic) bond motifs is 1. The maximum absolute atomic E-state index is 14.0. The molecule has 0 radical (unpaired) electrons. The Kier molecular flexibility index (Phi) is 7.38. The van der Waals surface area contributed by atoms with Crippen molar-refractivity contribution >= 4 is 34.1 Å². The number of aromatic nitrogens is 1. The first kappa shape index (κ1) is 23.6. The summed E-state index contributed by atoms with van der Waals surface area (Å²) in [6, 6.07) is 21.7. The van der Waals surface area contributed by atoms with Gasteiger partial charge < -0.3 is 10.2 Å². The van der Waals surface area contributed by atoms with Gasteiger partial charge in [0.05, 0.1) is 27.7 Å². The fourth-order valence-corrected chi connectivity index (χ4v) is 4.90. The summed E-state index contributed by atoms with van der Waals surface area (Å²) in [4.78, 5) is 33.7. The number of pyridine rings is 1. The van der Waals surface area contributed by atoms with Crippen LogP contribution in [0, 0.1) is 0 Å². The van der Waals surface area contributed by atoms with Gasteiger partial charge in [0.1, 0.15) is 0 Å². The van der Waals surface area contributed by atoms with Crippen LogP contribution >= 0.6 is 11.3 Å². The predicted molar refractivity (Wildman–Crippen MR) is 139 cm³/mol. The average molecular weight is 472 g/mol. The lowest BCUT2D eigenvalue weighted by Crippen LogP contribution is -2.31. The van der Waals surface area contributed by atoms with Gasteiger partial charge in [-0.15, -0.1) is 11.3 Å². The fourth-order valence-electron chi connectivity index (χ4n) is 4.16. The Morgan fingerprint density at radius 1 is 1.03 bits per heavy atom. The summed E-state index contributed by atoms with van der Waals surface area (Å²) in [6.07, 6.45) is 1.77. The van der Waals surface area contributed by atoms with Gasteiger partial charge in [0.25, 0.3) is 5.91 Å². The van der Waals surface area contributed by atoms with Gasteiger partial charge in [-0.25, -0.2) is 4.98 Å². The topological polar surface area (TPSA) is 62.3 Å². The zero-order valence-corrected chi connectivity index (χ0v) is 20.6. The number of para-hydroxylation sites is 1. The number of nitrogens with one attached hydrogen (secondary N) is 1. The number of hydrogen-bond donors (Lipinski definition) is 1. The number of nitrogens with zero attached hydrogens (tertiary/aromatic N) is 2. The molecule has 0 spiro atoms. The molecule has 0 bridgehead atoms. The minimum atomic E-state index is -0.148. The van der Waals surface area contributed by atoms with E-state index < -0.39 is 0 Å². The Balaban J connectivity index is 1.88. The van der Waals surface area contributed by atoms with Gasteiger partial charge in [-0.05, 0) is 29.5 Å². The van der Waals surface area contributed by atoms with Crippen LogP contribution in [0.15, 0.2) is 72.1 Å². The van der Waals surface area contributed by atoms with Crippen LogP contribution < -0.4 is 5.32 Å². The van der Waals surface area contributed by atoms with Crippen molar-refractivity contribution in [3.05, 3.63) is 88.8 Å². The molecule has 0 aliphatic carbocycles. The normalized spacial score (nSPS) is 11.9. The standard InChI is InChI=1S/C28H29N3O2S/c1-4-11-23(20-12-6-5-7-13-20)30-28(33)26-21-14-8-9-15-24(21)29-27(25-16-10-17-34-25)22(26)18-31(3)19(2)32/h5-10,12-17,23H,4,11,18H2,1-3H3,(H,30,33)/t23-/m0/s1. The lowest BCUT2D eigenvalue weighted by Gasteiger charge is -2.24. The van der Waals surface area contributed by atoms with Crippen LogP contribution in [-0.4, -0.2) is 28.7 Å². The molecule has 2 amide bonds. The van der Waals surface area contributed by atoms with E-state index in [0.29, 0.717) is 12.1 Å². The highest BCUT2D eigenvalue weighted by Gasteiger charge is 2.25. The molecular weight excluding hydrogens is 442 g/mol. The summed E-state index contributed by atoms with van der Waals surface area (Å²) in [5, 5.41) is 6.08. The van der Waals surface area contributed by atoms with Gasteiger partial charge in [-0.1, -0.05) is 67.9 Å². The van der Waals surface area contributed by atoms with E-state index in [0.717, 1.165) is 45.4 Å². The zero-order valence-electron chi connectivity index (χ0n) is 19.7. The number of rotatable bonds is 8. The number of hydrogen-bond acceptors (Lipinski definition) is 4. The Labute approximate surface area is 204 Å². The number of amides is 2. The third-order valence-corrected chi connectivity index (χ3v) is 6.87. The first-order chi connectivity index (χ1) is 16.5. The van der Waals surface area contributed by atoms with E-state index in [-0.39, 0.29) is 17.9 Å². The van der Waals surface area contributed by atoms with Gasteiger partial charge >= 0.3 is 0 Å². The van der Waals surface area contributed by atoms with E-state index in [1.54, 1.807) is 23.3 Å². The van der Waals surface area contributed by atoms with Crippen LogP contribution in [0.3, 0.4) is 0 Å². The van der Waals surface area contributed by atoms with E-state index in [9.17, 15) is 9.59 Å². The van der Waals surface area contributed by atoms with Crippen molar-refractivity contribution in [2.24, 2.45) is 0 Å². The molecule has 1 atom stereocenters. The molecule has 0 aliphatic rings. The van der Waals surface area contributed by atoms with Crippen molar-refractivity contribution in [2.45, 2.75) is 39.3 Å². The minimum Gasteiger partial charge on any atom is -0.345 e. The monoisotopic (exact) mass is 471 g/mol. The van der Waals surface area contributed by atoms with Crippen LogP contribution in [0.4, 0.5) is 0 Å². The molecule has 34 heavy (non-hydrogen) atoms. The molecule has 2 heterocycles. The van der Waals surface area contributed by atoms with E-state index in [2.05, 4.69) is 12.2 Å². The zero-order chi connectivity index (χ0) is 24.1. The predicted octanol–water partition coefficient (Wildman–Crippen LogP) is 6.21. The largest absolute Gasteiger partial charge is 0.345 e. The summed E-state index contributed by atoms with van der Waals surface area (Å²) in [6.45, 7) is 3.95. The lowest BCUT2D eigenvalue weighted by atomic mass is 9.96. The Morgan fingerprint density at radius 2 is 1.76 bits per heavy atom. The summed E-state index contributed by atoms with van der Waals surface area (Å²) < 4.78 is 0. The lowest BCUT2D eigenvalue weighted by molar-refractivity contribution is -0.128. The number of thiophene rings is 1. The Bertz CT molecular complexity index is 1290. The molecule has 2 aromatic heterocycles. The SMILES string of the molecule is CCC[C@H](NC(=O)c1c(CN(C)C(C)=O)c(-c2cccs2)nc2ccccc12)c1ccccc1. The van der Waals surface area contributed by atoms with Gasteiger partial charge in [0.2, 0.25) is 5.91 Å². The first-order valence-corrected chi connectivity index (χ1v) is 12.4. The van der Waals surface area contributed by atoms with Gasteiger partial charge in [0, 0.05) is 31.5 Å². The second kappa shape index (κ2) is 10.6. The van der Waals surface area contributed by atoms with Gasteiger partial charge in [-0.3, -0.25) is 9.59 Å². The highest BCUT2D eigenvalue weighted by atomic mass is 32.1. The molecule has 4 aromatic rings. The molecule has 0 fully saturated rings. The van der Waals surface area contributed by atoms with Crippen molar-refractivity contribution in [2.75, 3.05) is 7.05 Å². The second-order valence-electron chi connectivity index (χ2n) is 8.41. The van der Waals surface area contributed by atoms with Crippen LogP contribution in [0.25, 0.3) is 21.5 Å². The number of benzene rings is 2. The van der Waals surface area contributed by atoms with Crippen molar-refractivity contribution < 1.29 is 9.59 Å². The van der Waals surface area contributed by atoms with E-state index >= 15 is 0 Å². The summed E-state index contributed by atoms with van der Waals surface area (Å²) in [5.74, 6) is -0.213. The molecule has 6 heteroatoms. The molecule has 0 aliphatic heterocycles. The highest BCUT2D eigenvalue weighted by Crippen LogP contribution is 2.34. The molecule has 0 saturated carbocycles. The summed E-state index contributed by atoms with van der Waals surface area (Å²) in [7, 11) is 1.75. The summed E-state index contributed by atoms with van der Waals surface area (Å²) >= 11 is 1.58. The Hall–Kier alpha value is -3.51. The third-order valence-electron chi connectivity index (χ3n) is 5.99. The molecule has 1 N–H and O–H groups in total. The van der Waals surface area contributed by atoms with Crippen molar-refractivity contribution in [1.82, 2.24) is 15.2 Å². The quantitative estimate of drug-likeness (QED) is 0.332. The molecule has 5 nitrogen and oxygen atoms in total. The maximum atomic E-state index is 14.0. The van der Waals surface area contributed by atoms with Crippen LogP contribution in [-0.2, 0) is 11.3 Å². The molecule has 0 unspecified atom stereocenters. The third kappa shape index (κ3) is 5.02. The number of carbonyl (C=O) groups is 2. The van der Waals surface area contributed by atoms with Crippen molar-refractivity contribution in [1.29, 1.82) is 0 Å². The molecule has 4 rings (SSSR count). The number of carbonyl (C=O) groups excluding carboxylic acids is 2. The van der Waals surface area contributed by atoms with Crippen LogP contribution in [0.5, 0.6) is 0 Å². The Morgan fingerprint density at radius 3 is 2.44 bits per heavy atom. The second-order valence-corrected chi connectivity index (χ2v) is 9.36. The average Bonchev–Trinajstić information content (AvgIpc) is 3.38. The van der Waals surface area contributed by atoms with Gasteiger partial charge in [-0.2, -0.15) is 0 Å². The maximum Gasteiger partial charge on any atom is 0.252 e. The van der Waals surface area contributed by atoms with Crippen LogP contribution in [0.2, 0.25) is 0 Å². The molecular formula is C28H29N3O2S. The van der Waals surface area contributed by atoms with Gasteiger partial charge in [0.15, 0.2) is 0 Å².